The van der Waals surface area contributed by atoms with E-state index in [0.717, 1.165) is 38.6 Å². The second-order valence-electron chi connectivity index (χ2n) is 6.75. The molecule has 0 aromatic heterocycles. The summed E-state index contributed by atoms with van der Waals surface area (Å²) in [5, 5.41) is 6.49. The van der Waals surface area contributed by atoms with E-state index in [1.807, 2.05) is 6.92 Å². The van der Waals surface area contributed by atoms with Gasteiger partial charge in [-0.1, -0.05) is 44.9 Å². The standard InChI is InChI=1S/C17H33N3O/c1-15(20-13-11-18-12-14-20)17(21)19-10-9-16-7-5-3-2-4-6-8-16/h15-16,18H,2-14H2,1H3,(H,19,21). The summed E-state index contributed by atoms with van der Waals surface area (Å²) >= 11 is 0. The van der Waals surface area contributed by atoms with Crippen LogP contribution >= 0.6 is 0 Å². The quantitative estimate of drug-likeness (QED) is 0.817. The van der Waals surface area contributed by atoms with Gasteiger partial charge in [-0.25, -0.2) is 0 Å². The lowest BCUT2D eigenvalue weighted by atomic mass is 9.89. The van der Waals surface area contributed by atoms with E-state index in [4.69, 9.17) is 0 Å². The Morgan fingerprint density at radius 3 is 2.43 bits per heavy atom. The van der Waals surface area contributed by atoms with Crippen molar-refractivity contribution in [1.82, 2.24) is 15.5 Å². The highest BCUT2D eigenvalue weighted by Gasteiger charge is 2.22. The van der Waals surface area contributed by atoms with Gasteiger partial charge in [0.15, 0.2) is 0 Å². The molecule has 1 amide bonds. The van der Waals surface area contributed by atoms with Crippen LogP contribution in [0.2, 0.25) is 0 Å². The second-order valence-corrected chi connectivity index (χ2v) is 6.75. The van der Waals surface area contributed by atoms with Crippen molar-refractivity contribution in [3.8, 4) is 0 Å². The number of nitrogens with zero attached hydrogens (tertiary/aromatic N) is 1. The minimum absolute atomic E-state index is 0.0180. The van der Waals surface area contributed by atoms with Gasteiger partial charge < -0.3 is 10.6 Å². The Hall–Kier alpha value is -0.610. The highest BCUT2D eigenvalue weighted by Crippen LogP contribution is 2.24. The van der Waals surface area contributed by atoms with Crippen LogP contribution in [0.4, 0.5) is 0 Å². The topological polar surface area (TPSA) is 44.4 Å². The summed E-state index contributed by atoms with van der Waals surface area (Å²) in [5.41, 5.74) is 0. The highest BCUT2D eigenvalue weighted by atomic mass is 16.2. The fourth-order valence-electron chi connectivity index (χ4n) is 3.61. The molecule has 1 saturated carbocycles. The Balaban J connectivity index is 1.63. The number of nitrogens with one attached hydrogen (secondary N) is 2. The lowest BCUT2D eigenvalue weighted by Crippen LogP contribution is -2.52. The number of carbonyl (C=O) groups excluding carboxylic acids is 1. The van der Waals surface area contributed by atoms with Gasteiger partial charge in [0.05, 0.1) is 6.04 Å². The molecule has 1 atom stereocenters. The predicted molar refractivity (Wildman–Crippen MR) is 87.3 cm³/mol. The molecule has 2 N–H and O–H groups in total. The van der Waals surface area contributed by atoms with E-state index >= 15 is 0 Å². The highest BCUT2D eigenvalue weighted by molar-refractivity contribution is 5.81. The Bertz CT molecular complexity index is 294. The van der Waals surface area contributed by atoms with Crippen LogP contribution in [0, 0.1) is 5.92 Å². The van der Waals surface area contributed by atoms with Crippen molar-refractivity contribution in [3.63, 3.8) is 0 Å². The third kappa shape index (κ3) is 5.95. The van der Waals surface area contributed by atoms with Crippen molar-refractivity contribution in [1.29, 1.82) is 0 Å². The van der Waals surface area contributed by atoms with E-state index in [1.165, 1.54) is 51.4 Å². The van der Waals surface area contributed by atoms with Crippen LogP contribution in [0.3, 0.4) is 0 Å². The zero-order chi connectivity index (χ0) is 14.9. The van der Waals surface area contributed by atoms with Gasteiger partial charge in [-0.15, -0.1) is 0 Å². The molecule has 0 spiro atoms. The SMILES string of the molecule is CC(C(=O)NCCC1CCCCCCC1)N1CCNCC1. The van der Waals surface area contributed by atoms with E-state index in [9.17, 15) is 4.79 Å². The third-order valence-corrected chi connectivity index (χ3v) is 5.16. The minimum Gasteiger partial charge on any atom is -0.355 e. The zero-order valence-corrected chi connectivity index (χ0v) is 13.7. The first-order valence-corrected chi connectivity index (χ1v) is 9.00. The van der Waals surface area contributed by atoms with E-state index < -0.39 is 0 Å². The number of carbonyl (C=O) groups is 1. The summed E-state index contributed by atoms with van der Waals surface area (Å²) < 4.78 is 0. The van der Waals surface area contributed by atoms with Crippen LogP contribution in [0.1, 0.15) is 58.3 Å². The summed E-state index contributed by atoms with van der Waals surface area (Å²) in [6, 6.07) is 0.0180. The second kappa shape index (κ2) is 9.42. The predicted octanol–water partition coefficient (Wildman–Crippen LogP) is 2.15. The van der Waals surface area contributed by atoms with Crippen LogP contribution in [-0.4, -0.2) is 49.6 Å². The molecule has 2 rings (SSSR count). The molecule has 1 aliphatic carbocycles. The van der Waals surface area contributed by atoms with Crippen molar-refractivity contribution in [2.45, 2.75) is 64.3 Å². The van der Waals surface area contributed by atoms with Gasteiger partial charge in [-0.2, -0.15) is 0 Å². The summed E-state index contributed by atoms with van der Waals surface area (Å²) in [6.07, 6.45) is 10.9. The number of rotatable bonds is 5. The monoisotopic (exact) mass is 295 g/mol. The molecule has 21 heavy (non-hydrogen) atoms. The van der Waals surface area contributed by atoms with Gasteiger partial charge in [0.2, 0.25) is 5.91 Å². The maximum Gasteiger partial charge on any atom is 0.237 e. The van der Waals surface area contributed by atoms with Crippen molar-refractivity contribution in [2.24, 2.45) is 5.92 Å². The molecular weight excluding hydrogens is 262 g/mol. The van der Waals surface area contributed by atoms with Crippen LogP contribution in [0.15, 0.2) is 0 Å². The van der Waals surface area contributed by atoms with Crippen molar-refractivity contribution in [3.05, 3.63) is 0 Å². The van der Waals surface area contributed by atoms with Crippen LogP contribution < -0.4 is 10.6 Å². The molecule has 0 bridgehead atoms. The number of amides is 1. The van der Waals surface area contributed by atoms with Crippen molar-refractivity contribution in [2.75, 3.05) is 32.7 Å². The minimum atomic E-state index is 0.0180. The maximum absolute atomic E-state index is 12.2. The van der Waals surface area contributed by atoms with Gasteiger partial charge >= 0.3 is 0 Å². The molecule has 1 aliphatic heterocycles. The fraction of sp³-hybridized carbons (Fsp3) is 0.941. The maximum atomic E-state index is 12.2. The van der Waals surface area contributed by atoms with Crippen molar-refractivity contribution >= 4 is 5.91 Å². The Labute approximate surface area is 130 Å². The molecule has 0 aromatic carbocycles. The van der Waals surface area contributed by atoms with E-state index in [-0.39, 0.29) is 11.9 Å². The average molecular weight is 295 g/mol. The van der Waals surface area contributed by atoms with Crippen LogP contribution in [-0.2, 0) is 4.79 Å². The van der Waals surface area contributed by atoms with Gasteiger partial charge in [-0.3, -0.25) is 9.69 Å². The molecular formula is C17H33N3O. The third-order valence-electron chi connectivity index (χ3n) is 5.16. The fourth-order valence-corrected chi connectivity index (χ4v) is 3.61. The normalized spacial score (nSPS) is 24.0. The lowest BCUT2D eigenvalue weighted by Gasteiger charge is -2.32. The van der Waals surface area contributed by atoms with Gasteiger partial charge in [0.25, 0.3) is 0 Å². The average Bonchev–Trinajstić information content (AvgIpc) is 2.49. The number of piperazine rings is 1. The zero-order valence-electron chi connectivity index (χ0n) is 13.7. The smallest absolute Gasteiger partial charge is 0.237 e. The molecule has 1 heterocycles. The Morgan fingerprint density at radius 1 is 1.14 bits per heavy atom. The molecule has 1 unspecified atom stereocenters. The van der Waals surface area contributed by atoms with E-state index in [1.54, 1.807) is 0 Å². The van der Waals surface area contributed by atoms with Crippen LogP contribution in [0.5, 0.6) is 0 Å². The van der Waals surface area contributed by atoms with Gasteiger partial charge in [-0.05, 0) is 19.3 Å². The summed E-state index contributed by atoms with van der Waals surface area (Å²) in [4.78, 5) is 14.5. The largest absolute Gasteiger partial charge is 0.355 e. The van der Waals surface area contributed by atoms with E-state index in [0.29, 0.717) is 0 Å². The summed E-state index contributed by atoms with van der Waals surface area (Å²) in [7, 11) is 0. The molecule has 122 valence electrons. The first-order chi connectivity index (χ1) is 10.3. The summed E-state index contributed by atoms with van der Waals surface area (Å²) in [5.74, 6) is 1.04. The Morgan fingerprint density at radius 2 is 1.76 bits per heavy atom. The molecule has 2 fully saturated rings. The van der Waals surface area contributed by atoms with Crippen molar-refractivity contribution < 1.29 is 4.79 Å². The Kier molecular flexibility index (Phi) is 7.51. The lowest BCUT2D eigenvalue weighted by molar-refractivity contribution is -0.126. The molecule has 4 nitrogen and oxygen atoms in total. The molecule has 1 saturated heterocycles. The molecule has 0 radical (unpaired) electrons. The summed E-state index contributed by atoms with van der Waals surface area (Å²) in [6.45, 7) is 6.87. The first-order valence-electron chi connectivity index (χ1n) is 9.00. The first kappa shape index (κ1) is 16.8. The van der Waals surface area contributed by atoms with Crippen LogP contribution in [0.25, 0.3) is 0 Å². The number of hydrogen-bond acceptors (Lipinski definition) is 3. The molecule has 4 heteroatoms. The molecule has 2 aliphatic rings. The number of hydrogen-bond donors (Lipinski definition) is 2. The van der Waals surface area contributed by atoms with Gasteiger partial charge in [0, 0.05) is 32.7 Å². The molecule has 0 aromatic rings. The van der Waals surface area contributed by atoms with Gasteiger partial charge in [0.1, 0.15) is 0 Å². The van der Waals surface area contributed by atoms with E-state index in [2.05, 4.69) is 15.5 Å².